The fourth-order valence-corrected chi connectivity index (χ4v) is 20.0. The van der Waals surface area contributed by atoms with Crippen LogP contribution in [0, 0.1) is 0 Å². The average Bonchev–Trinajstić information content (AvgIpc) is 2.68. The van der Waals surface area contributed by atoms with Gasteiger partial charge in [0.1, 0.15) is 0 Å². The molecule has 0 saturated heterocycles. The summed E-state index contributed by atoms with van der Waals surface area (Å²) in [6.45, 7) is 7.07. The Kier molecular flexibility index (Phi) is 9.09. The van der Waals surface area contributed by atoms with Gasteiger partial charge in [0.05, 0.1) is 0 Å². The molecule has 0 spiro atoms. The van der Waals surface area contributed by atoms with Gasteiger partial charge in [-0.05, 0) is 0 Å². The Morgan fingerprint density at radius 3 is 1.64 bits per heavy atom. The Morgan fingerprint density at radius 1 is 0.600 bits per heavy atom. The molecule has 0 bridgehead atoms. The molecule has 2 aromatic rings. The normalized spacial score (nSPS) is 11.6. The number of hydrogen-bond acceptors (Lipinski definition) is 0. The third-order valence-corrected chi connectivity index (χ3v) is 21.2. The first-order valence-corrected chi connectivity index (χ1v) is 17.9. The summed E-state index contributed by atoms with van der Waals surface area (Å²) in [6, 6.07) is 20.6. The Hall–Kier alpha value is -0.761. The van der Waals surface area contributed by atoms with Crippen LogP contribution in [0.25, 0.3) is 11.1 Å². The number of unbranched alkanes of at least 4 members (excludes halogenated alkanes) is 3. The van der Waals surface area contributed by atoms with E-state index in [2.05, 4.69) is 75.4 Å². The molecule has 0 atom stereocenters. The molecule has 0 N–H and O–H groups in total. The zero-order valence-electron chi connectivity index (χ0n) is 16.6. The van der Waals surface area contributed by atoms with E-state index in [-0.39, 0.29) is 0 Å². The topological polar surface area (TPSA) is 0 Å². The van der Waals surface area contributed by atoms with Gasteiger partial charge in [-0.1, -0.05) is 0 Å². The summed E-state index contributed by atoms with van der Waals surface area (Å²) >= 11 is -2.30. The van der Waals surface area contributed by atoms with Gasteiger partial charge in [-0.15, -0.1) is 0 Å². The van der Waals surface area contributed by atoms with Crippen molar-refractivity contribution >= 4 is 22.0 Å². The summed E-state index contributed by atoms with van der Waals surface area (Å²) in [5, 5.41) is 0. The quantitative estimate of drug-likeness (QED) is 0.317. The molecule has 0 fully saturated rings. The number of rotatable bonds is 11. The van der Waals surface area contributed by atoms with Crippen LogP contribution in [0.5, 0.6) is 0 Å². The molecule has 0 nitrogen and oxygen atoms in total. The van der Waals surface area contributed by atoms with Gasteiger partial charge in [0, 0.05) is 0 Å². The van der Waals surface area contributed by atoms with Crippen LogP contribution in [0.4, 0.5) is 0 Å². The first-order chi connectivity index (χ1) is 12.3. The summed E-state index contributed by atoms with van der Waals surface area (Å²) in [6.07, 6.45) is 8.32. The fraction of sp³-hybridized carbons (Fsp3) is 0.500. The van der Waals surface area contributed by atoms with E-state index in [0.29, 0.717) is 0 Å². The van der Waals surface area contributed by atoms with E-state index in [4.69, 9.17) is 0 Å². The Morgan fingerprint density at radius 2 is 1.12 bits per heavy atom. The van der Waals surface area contributed by atoms with Gasteiger partial charge in [-0.2, -0.15) is 0 Å². The van der Waals surface area contributed by atoms with E-state index >= 15 is 0 Å². The molecular weight excluding hydrogens is 407 g/mol. The second-order valence-corrected chi connectivity index (χ2v) is 20.8. The molecule has 136 valence electrons. The van der Waals surface area contributed by atoms with Gasteiger partial charge >= 0.3 is 160 Å². The van der Waals surface area contributed by atoms with Gasteiger partial charge in [-0.3, -0.25) is 0 Å². The van der Waals surface area contributed by atoms with Crippen molar-refractivity contribution in [2.45, 2.75) is 72.6 Å². The molecule has 25 heavy (non-hydrogen) atoms. The van der Waals surface area contributed by atoms with Gasteiger partial charge in [0.25, 0.3) is 0 Å². The molecule has 0 aliphatic carbocycles. The average molecular weight is 443 g/mol. The first-order valence-electron chi connectivity index (χ1n) is 10.4. The van der Waals surface area contributed by atoms with Gasteiger partial charge in [0.15, 0.2) is 0 Å². The maximum atomic E-state index is 2.58. The molecule has 0 amide bonds. The van der Waals surface area contributed by atoms with Crippen LogP contribution in [0.1, 0.15) is 59.3 Å². The van der Waals surface area contributed by atoms with Gasteiger partial charge in [0.2, 0.25) is 0 Å². The summed E-state index contributed by atoms with van der Waals surface area (Å²) in [7, 11) is 0. The van der Waals surface area contributed by atoms with E-state index in [1.165, 1.54) is 49.7 Å². The van der Waals surface area contributed by atoms with Crippen molar-refractivity contribution in [1.82, 2.24) is 0 Å². The summed E-state index contributed by atoms with van der Waals surface area (Å²) in [5.74, 6) is 0. The third kappa shape index (κ3) is 5.88. The Balaban J connectivity index is 2.40. The molecule has 1 heteroatoms. The van der Waals surface area contributed by atoms with Crippen LogP contribution in [0.2, 0.25) is 13.3 Å². The predicted octanol–water partition coefficient (Wildman–Crippen LogP) is 7.41. The monoisotopic (exact) mass is 444 g/mol. The predicted molar refractivity (Wildman–Crippen MR) is 116 cm³/mol. The fourth-order valence-electron chi connectivity index (χ4n) is 4.01. The standard InChI is InChI=1S/C12H9.3C4H9.Sn/c1-3-7-11(8-4-1)12-9-5-2-6-10-12;3*1-3-4-2;/h1-5,7-10H;3*1,3-4H2,2H3;. The zero-order valence-corrected chi connectivity index (χ0v) is 19.4. The Labute approximate surface area is 159 Å². The molecule has 0 heterocycles. The van der Waals surface area contributed by atoms with Crippen molar-refractivity contribution in [3.63, 3.8) is 0 Å². The van der Waals surface area contributed by atoms with Gasteiger partial charge < -0.3 is 0 Å². The molecule has 0 aliphatic heterocycles. The van der Waals surface area contributed by atoms with Crippen LogP contribution in [-0.4, -0.2) is 18.4 Å². The molecule has 0 radical (unpaired) electrons. The minimum atomic E-state index is -2.30. The molecular formula is C24H36Sn. The van der Waals surface area contributed by atoms with Crippen LogP contribution in [0.3, 0.4) is 0 Å². The van der Waals surface area contributed by atoms with E-state index in [0.717, 1.165) is 0 Å². The third-order valence-electron chi connectivity index (χ3n) is 5.61. The molecule has 0 aliphatic rings. The number of hydrogen-bond donors (Lipinski definition) is 0. The molecule has 2 aromatic carbocycles. The van der Waals surface area contributed by atoms with Crippen molar-refractivity contribution in [2.24, 2.45) is 0 Å². The van der Waals surface area contributed by atoms with Gasteiger partial charge in [-0.25, -0.2) is 0 Å². The van der Waals surface area contributed by atoms with Crippen molar-refractivity contribution in [1.29, 1.82) is 0 Å². The summed E-state index contributed by atoms with van der Waals surface area (Å²) in [4.78, 5) is 0. The van der Waals surface area contributed by atoms with Crippen molar-refractivity contribution in [3.05, 3.63) is 54.6 Å². The summed E-state index contributed by atoms with van der Waals surface area (Å²) < 4.78 is 6.42. The molecule has 0 aromatic heterocycles. The van der Waals surface area contributed by atoms with E-state index < -0.39 is 18.4 Å². The minimum absolute atomic E-state index is 1.34. The van der Waals surface area contributed by atoms with Crippen molar-refractivity contribution < 1.29 is 0 Å². The van der Waals surface area contributed by atoms with Crippen LogP contribution in [-0.2, 0) is 0 Å². The van der Waals surface area contributed by atoms with E-state index in [1.54, 1.807) is 16.9 Å². The van der Waals surface area contributed by atoms with Crippen LogP contribution >= 0.6 is 0 Å². The van der Waals surface area contributed by atoms with Crippen molar-refractivity contribution in [2.75, 3.05) is 0 Å². The summed E-state index contributed by atoms with van der Waals surface area (Å²) in [5.41, 5.74) is 2.79. The van der Waals surface area contributed by atoms with E-state index in [9.17, 15) is 0 Å². The molecule has 0 unspecified atom stereocenters. The second-order valence-electron chi connectivity index (χ2n) is 7.54. The molecule has 0 saturated carbocycles. The van der Waals surface area contributed by atoms with Crippen LogP contribution in [0.15, 0.2) is 54.6 Å². The molecule has 2 rings (SSSR count). The van der Waals surface area contributed by atoms with Crippen LogP contribution < -0.4 is 3.58 Å². The zero-order chi connectivity index (χ0) is 18.0. The maximum absolute atomic E-state index is 2.58. The van der Waals surface area contributed by atoms with Crippen molar-refractivity contribution in [3.8, 4) is 11.1 Å². The second kappa shape index (κ2) is 11.1. The van der Waals surface area contributed by atoms with E-state index in [1.807, 2.05) is 0 Å². The number of benzene rings is 2. The SMILES string of the molecule is CCC[CH2][Sn]([CH2]CCC)([CH2]CCC)[c]1cccc(-c2ccccc2)c1. The Bertz CT molecular complexity index is 581. The first kappa shape index (κ1) is 20.5.